The van der Waals surface area contributed by atoms with Crippen molar-refractivity contribution >= 4 is 5.91 Å². The fourth-order valence-electron chi connectivity index (χ4n) is 3.02. The van der Waals surface area contributed by atoms with Crippen LogP contribution in [-0.2, 0) is 6.42 Å². The van der Waals surface area contributed by atoms with Gasteiger partial charge < -0.3 is 15.3 Å². The molecule has 3 aromatic rings. The first-order chi connectivity index (χ1) is 12.2. The summed E-state index contributed by atoms with van der Waals surface area (Å²) in [4.78, 5) is 41.5. The lowest BCUT2D eigenvalue weighted by atomic mass is 9.92. The third-order valence-electron chi connectivity index (χ3n) is 4.25. The average Bonchev–Trinajstić information content (AvgIpc) is 3.09. The molecule has 1 amide bonds. The van der Waals surface area contributed by atoms with Gasteiger partial charge in [0, 0.05) is 41.6 Å². The van der Waals surface area contributed by atoms with Crippen LogP contribution in [0.25, 0.3) is 11.4 Å². The predicted molar refractivity (Wildman–Crippen MR) is 89.8 cm³/mol. The molecule has 0 aromatic carbocycles. The van der Waals surface area contributed by atoms with Crippen molar-refractivity contribution in [2.24, 2.45) is 0 Å². The molecule has 3 N–H and O–H groups in total. The van der Waals surface area contributed by atoms with E-state index in [1.807, 2.05) is 12.1 Å². The van der Waals surface area contributed by atoms with Crippen LogP contribution in [0.15, 0.2) is 41.7 Å². The standard InChI is InChI=1S/C17H16N6O2/c24-16(14-9-20-17(25)23-14)22-13-5-1-4-12-11(13)8-19-15(21-12)10-3-2-6-18-7-10/h2-3,6-9,13H,1,4-5H2,(H,22,24)(H2,20,23,25). The van der Waals surface area contributed by atoms with Crippen LogP contribution in [0.2, 0.25) is 0 Å². The van der Waals surface area contributed by atoms with E-state index in [1.165, 1.54) is 6.20 Å². The number of aromatic nitrogens is 5. The lowest BCUT2D eigenvalue weighted by molar-refractivity contribution is 0.0928. The Hall–Kier alpha value is -3.29. The summed E-state index contributed by atoms with van der Waals surface area (Å²) in [5.74, 6) is 0.307. The van der Waals surface area contributed by atoms with Crippen molar-refractivity contribution < 1.29 is 4.79 Å². The lowest BCUT2D eigenvalue weighted by Crippen LogP contribution is -2.32. The van der Waals surface area contributed by atoms with Crippen LogP contribution in [0, 0.1) is 0 Å². The topological polar surface area (TPSA) is 116 Å². The van der Waals surface area contributed by atoms with E-state index in [2.05, 4.69) is 30.2 Å². The van der Waals surface area contributed by atoms with E-state index in [0.717, 1.165) is 36.1 Å². The van der Waals surface area contributed by atoms with E-state index < -0.39 is 5.69 Å². The number of carbonyl (C=O) groups excluding carboxylic acids is 1. The summed E-state index contributed by atoms with van der Waals surface area (Å²) in [5, 5.41) is 2.94. The first-order valence-electron chi connectivity index (χ1n) is 8.05. The first-order valence-corrected chi connectivity index (χ1v) is 8.05. The molecule has 8 heteroatoms. The Morgan fingerprint density at radius 1 is 1.32 bits per heavy atom. The molecule has 1 aliphatic rings. The number of fused-ring (bicyclic) bond motifs is 1. The van der Waals surface area contributed by atoms with Crippen LogP contribution < -0.4 is 11.0 Å². The Kier molecular flexibility index (Phi) is 3.85. The van der Waals surface area contributed by atoms with Crippen LogP contribution in [-0.4, -0.2) is 30.8 Å². The smallest absolute Gasteiger partial charge is 0.323 e. The van der Waals surface area contributed by atoms with Gasteiger partial charge in [-0.3, -0.25) is 9.78 Å². The van der Waals surface area contributed by atoms with Crippen LogP contribution in [0.3, 0.4) is 0 Å². The van der Waals surface area contributed by atoms with Crippen LogP contribution in [0.4, 0.5) is 0 Å². The molecule has 0 saturated carbocycles. The van der Waals surface area contributed by atoms with Crippen molar-refractivity contribution in [2.75, 3.05) is 0 Å². The number of pyridine rings is 1. The van der Waals surface area contributed by atoms with E-state index in [4.69, 9.17) is 0 Å². The molecule has 1 unspecified atom stereocenters. The summed E-state index contributed by atoms with van der Waals surface area (Å²) < 4.78 is 0. The van der Waals surface area contributed by atoms with Gasteiger partial charge in [0.2, 0.25) is 0 Å². The molecule has 1 aliphatic carbocycles. The molecule has 0 radical (unpaired) electrons. The zero-order valence-corrected chi connectivity index (χ0v) is 13.3. The molecule has 0 bridgehead atoms. The highest BCUT2D eigenvalue weighted by atomic mass is 16.2. The zero-order valence-electron chi connectivity index (χ0n) is 13.3. The molecule has 0 spiro atoms. The summed E-state index contributed by atoms with van der Waals surface area (Å²) in [6.07, 6.45) is 9.15. The number of aryl methyl sites for hydroxylation is 1. The minimum absolute atomic E-state index is 0.169. The summed E-state index contributed by atoms with van der Waals surface area (Å²) in [6.45, 7) is 0. The number of hydrogen-bond acceptors (Lipinski definition) is 5. The maximum Gasteiger partial charge on any atom is 0.323 e. The minimum Gasteiger partial charge on any atom is -0.344 e. The zero-order chi connectivity index (χ0) is 17.2. The lowest BCUT2D eigenvalue weighted by Gasteiger charge is -2.25. The summed E-state index contributed by atoms with van der Waals surface area (Å²) >= 11 is 0. The van der Waals surface area contributed by atoms with Crippen molar-refractivity contribution in [3.8, 4) is 11.4 Å². The van der Waals surface area contributed by atoms with E-state index in [1.54, 1.807) is 18.6 Å². The number of nitrogens with one attached hydrogen (secondary N) is 3. The summed E-state index contributed by atoms with van der Waals surface area (Å²) in [6, 6.07) is 3.59. The third-order valence-corrected chi connectivity index (χ3v) is 4.25. The van der Waals surface area contributed by atoms with Crippen LogP contribution in [0.1, 0.15) is 40.6 Å². The SMILES string of the molecule is O=C(NC1CCCc2nc(-c3cccnc3)ncc21)c1c[nH]c(=O)[nH]1. The highest BCUT2D eigenvalue weighted by Gasteiger charge is 2.24. The highest BCUT2D eigenvalue weighted by Crippen LogP contribution is 2.29. The van der Waals surface area contributed by atoms with Gasteiger partial charge in [-0.2, -0.15) is 0 Å². The van der Waals surface area contributed by atoms with E-state index in [0.29, 0.717) is 5.82 Å². The largest absolute Gasteiger partial charge is 0.344 e. The third kappa shape index (κ3) is 3.06. The van der Waals surface area contributed by atoms with E-state index >= 15 is 0 Å². The Labute approximate surface area is 142 Å². The van der Waals surface area contributed by atoms with Gasteiger partial charge in [-0.1, -0.05) is 0 Å². The molecule has 126 valence electrons. The maximum atomic E-state index is 12.3. The molecule has 0 saturated heterocycles. The Balaban J connectivity index is 1.60. The maximum absolute atomic E-state index is 12.3. The summed E-state index contributed by atoms with van der Waals surface area (Å²) in [7, 11) is 0. The van der Waals surface area contributed by atoms with Gasteiger partial charge >= 0.3 is 5.69 Å². The molecule has 3 heterocycles. The molecule has 8 nitrogen and oxygen atoms in total. The molecule has 4 rings (SSSR count). The number of hydrogen-bond donors (Lipinski definition) is 3. The van der Waals surface area contributed by atoms with Crippen molar-refractivity contribution in [3.05, 3.63) is 64.4 Å². The second-order valence-corrected chi connectivity index (χ2v) is 5.91. The molecular formula is C17H16N6O2. The van der Waals surface area contributed by atoms with E-state index in [-0.39, 0.29) is 17.6 Å². The second-order valence-electron chi connectivity index (χ2n) is 5.91. The monoisotopic (exact) mass is 336 g/mol. The van der Waals surface area contributed by atoms with Crippen LogP contribution >= 0.6 is 0 Å². The van der Waals surface area contributed by atoms with Crippen molar-refractivity contribution in [2.45, 2.75) is 25.3 Å². The molecule has 25 heavy (non-hydrogen) atoms. The number of imidazole rings is 1. The van der Waals surface area contributed by atoms with Gasteiger partial charge in [-0.25, -0.2) is 14.8 Å². The molecular weight excluding hydrogens is 320 g/mol. The number of aromatic amines is 2. The van der Waals surface area contributed by atoms with Crippen molar-refractivity contribution in [1.29, 1.82) is 0 Å². The number of rotatable bonds is 3. The van der Waals surface area contributed by atoms with E-state index in [9.17, 15) is 9.59 Å². The van der Waals surface area contributed by atoms with Gasteiger partial charge in [-0.15, -0.1) is 0 Å². The highest BCUT2D eigenvalue weighted by molar-refractivity contribution is 5.92. The normalized spacial score (nSPS) is 16.2. The van der Waals surface area contributed by atoms with Gasteiger partial charge in [-0.05, 0) is 31.4 Å². The quantitative estimate of drug-likeness (QED) is 0.668. The number of amides is 1. The van der Waals surface area contributed by atoms with Gasteiger partial charge in [0.25, 0.3) is 5.91 Å². The molecule has 1 atom stereocenters. The first kappa shape index (κ1) is 15.3. The number of nitrogens with zero attached hydrogens (tertiary/aromatic N) is 3. The number of H-pyrrole nitrogens is 2. The fourth-order valence-corrected chi connectivity index (χ4v) is 3.02. The van der Waals surface area contributed by atoms with Crippen LogP contribution in [0.5, 0.6) is 0 Å². The van der Waals surface area contributed by atoms with Gasteiger partial charge in [0.15, 0.2) is 5.82 Å². The van der Waals surface area contributed by atoms with Gasteiger partial charge in [0.05, 0.1) is 6.04 Å². The second kappa shape index (κ2) is 6.31. The molecule has 3 aromatic heterocycles. The molecule has 0 fully saturated rings. The Morgan fingerprint density at radius 3 is 3.00 bits per heavy atom. The average molecular weight is 336 g/mol. The fraction of sp³-hybridized carbons (Fsp3) is 0.235. The minimum atomic E-state index is -0.404. The van der Waals surface area contributed by atoms with Crippen molar-refractivity contribution in [3.63, 3.8) is 0 Å². The summed E-state index contributed by atoms with van der Waals surface area (Å²) in [5.41, 5.74) is 2.53. The number of carbonyl (C=O) groups is 1. The van der Waals surface area contributed by atoms with Gasteiger partial charge in [0.1, 0.15) is 5.69 Å². The van der Waals surface area contributed by atoms with Crippen molar-refractivity contribution in [1.82, 2.24) is 30.2 Å². The Bertz CT molecular complexity index is 963. The Morgan fingerprint density at radius 2 is 2.24 bits per heavy atom. The predicted octanol–water partition coefficient (Wildman–Crippen LogP) is 1.36. The molecule has 0 aliphatic heterocycles.